The lowest BCUT2D eigenvalue weighted by Gasteiger charge is -2.27. The van der Waals surface area contributed by atoms with Gasteiger partial charge in [0.2, 0.25) is 5.75 Å². The van der Waals surface area contributed by atoms with E-state index < -0.39 is 28.6 Å². The molecular weight excluding hydrogens is 400 g/mol. The topological polar surface area (TPSA) is 144 Å². The Bertz CT molecular complexity index is 1260. The molecule has 1 atom stereocenters. The molecular formula is C22H20N4O5. The number of rotatable bonds is 4. The highest BCUT2D eigenvalue weighted by Gasteiger charge is 2.25. The summed E-state index contributed by atoms with van der Waals surface area (Å²) in [6.45, 7) is 0. The second-order valence-corrected chi connectivity index (χ2v) is 7.28. The summed E-state index contributed by atoms with van der Waals surface area (Å²) in [6, 6.07) is 14.0. The minimum absolute atomic E-state index is 0.213. The second-order valence-electron chi connectivity index (χ2n) is 7.28. The average Bonchev–Trinajstić information content (AvgIpc) is 2.76. The van der Waals surface area contributed by atoms with Gasteiger partial charge in [-0.1, -0.05) is 24.3 Å². The fourth-order valence-electron chi connectivity index (χ4n) is 3.71. The smallest absolute Gasteiger partial charge is 0.326 e. The summed E-state index contributed by atoms with van der Waals surface area (Å²) < 4.78 is 0. The highest BCUT2D eigenvalue weighted by molar-refractivity contribution is 6.04. The van der Waals surface area contributed by atoms with E-state index in [1.54, 1.807) is 30.3 Å². The van der Waals surface area contributed by atoms with E-state index in [0.717, 1.165) is 24.0 Å². The molecule has 0 radical (unpaired) electrons. The van der Waals surface area contributed by atoms with Crippen molar-refractivity contribution in [2.75, 3.05) is 5.32 Å². The predicted octanol–water partition coefficient (Wildman–Crippen LogP) is 1.83. The van der Waals surface area contributed by atoms with Crippen molar-refractivity contribution in [1.29, 1.82) is 0 Å². The van der Waals surface area contributed by atoms with Crippen LogP contribution in [0.2, 0.25) is 0 Å². The Morgan fingerprint density at radius 1 is 1.00 bits per heavy atom. The van der Waals surface area contributed by atoms with Gasteiger partial charge < -0.3 is 15.7 Å². The van der Waals surface area contributed by atoms with Crippen molar-refractivity contribution in [3.8, 4) is 5.75 Å². The quantitative estimate of drug-likeness (QED) is 0.437. The molecule has 5 N–H and O–H groups in total. The standard InChI is InChI=1S/C22H20N4O5/c27-18-17(25-22(31)26-21(18)30)20(29)24-16-8-4-7-13-11-14(9-10-15(13)16)23-19(28)12-5-2-1-3-6-12/h1-3,5-6,9-11,16,27H,4,7-8H2,(H,23,28)(H,24,29)(H2,25,26,30,31)/t16-/m1/s1. The van der Waals surface area contributed by atoms with E-state index in [0.29, 0.717) is 17.7 Å². The number of carbonyl (C=O) groups is 2. The van der Waals surface area contributed by atoms with Crippen molar-refractivity contribution in [3.63, 3.8) is 0 Å². The van der Waals surface area contributed by atoms with Crippen molar-refractivity contribution in [1.82, 2.24) is 15.3 Å². The fourth-order valence-corrected chi connectivity index (χ4v) is 3.71. The summed E-state index contributed by atoms with van der Waals surface area (Å²) in [7, 11) is 0. The molecule has 3 aromatic rings. The molecule has 1 aliphatic carbocycles. The molecule has 2 aromatic carbocycles. The van der Waals surface area contributed by atoms with Crippen LogP contribution in [-0.4, -0.2) is 26.9 Å². The number of amides is 2. The maximum atomic E-state index is 12.6. The van der Waals surface area contributed by atoms with Gasteiger partial charge in [-0.05, 0) is 54.7 Å². The Morgan fingerprint density at radius 3 is 2.55 bits per heavy atom. The molecule has 0 saturated heterocycles. The maximum Gasteiger partial charge on any atom is 0.326 e. The predicted molar refractivity (Wildman–Crippen MR) is 113 cm³/mol. The van der Waals surface area contributed by atoms with Crippen molar-refractivity contribution >= 4 is 17.5 Å². The maximum absolute atomic E-state index is 12.6. The van der Waals surface area contributed by atoms with E-state index in [2.05, 4.69) is 15.6 Å². The number of carbonyl (C=O) groups excluding carboxylic acids is 2. The van der Waals surface area contributed by atoms with Gasteiger partial charge >= 0.3 is 5.69 Å². The van der Waals surface area contributed by atoms with Gasteiger partial charge in [0, 0.05) is 11.3 Å². The van der Waals surface area contributed by atoms with Gasteiger partial charge in [0.15, 0.2) is 5.69 Å². The summed E-state index contributed by atoms with van der Waals surface area (Å²) in [5.41, 5.74) is 0.670. The number of aryl methyl sites for hydroxylation is 1. The molecule has 0 saturated carbocycles. The van der Waals surface area contributed by atoms with Gasteiger partial charge in [0.1, 0.15) is 0 Å². The van der Waals surface area contributed by atoms with Crippen LogP contribution >= 0.6 is 0 Å². The average molecular weight is 420 g/mol. The zero-order chi connectivity index (χ0) is 22.0. The van der Waals surface area contributed by atoms with Crippen LogP contribution in [-0.2, 0) is 6.42 Å². The molecule has 0 spiro atoms. The van der Waals surface area contributed by atoms with Gasteiger partial charge in [-0.25, -0.2) is 4.79 Å². The third-order valence-corrected chi connectivity index (χ3v) is 5.20. The molecule has 0 fully saturated rings. The molecule has 0 unspecified atom stereocenters. The van der Waals surface area contributed by atoms with Crippen LogP contribution in [0.1, 0.15) is 50.9 Å². The van der Waals surface area contributed by atoms with Gasteiger partial charge in [-0.3, -0.25) is 24.4 Å². The third kappa shape index (κ3) is 4.25. The first-order valence-corrected chi connectivity index (χ1v) is 9.78. The normalized spacial score (nSPS) is 15.0. The first-order chi connectivity index (χ1) is 14.9. The minimum atomic E-state index is -1.03. The Morgan fingerprint density at radius 2 is 1.77 bits per heavy atom. The zero-order valence-electron chi connectivity index (χ0n) is 16.4. The number of hydrogen-bond donors (Lipinski definition) is 5. The summed E-state index contributed by atoms with van der Waals surface area (Å²) in [4.78, 5) is 52.0. The lowest BCUT2D eigenvalue weighted by Crippen LogP contribution is -2.35. The van der Waals surface area contributed by atoms with Gasteiger partial charge in [-0.15, -0.1) is 0 Å². The summed E-state index contributed by atoms with van der Waals surface area (Å²) in [5.74, 6) is -1.80. The van der Waals surface area contributed by atoms with E-state index in [-0.39, 0.29) is 11.9 Å². The Kier molecular flexibility index (Phi) is 5.40. The van der Waals surface area contributed by atoms with Gasteiger partial charge in [0.25, 0.3) is 17.4 Å². The van der Waals surface area contributed by atoms with Crippen molar-refractivity contribution in [3.05, 3.63) is 91.8 Å². The highest BCUT2D eigenvalue weighted by Crippen LogP contribution is 2.32. The van der Waals surface area contributed by atoms with E-state index in [4.69, 9.17) is 0 Å². The first-order valence-electron chi connectivity index (χ1n) is 9.78. The van der Waals surface area contributed by atoms with Crippen LogP contribution < -0.4 is 21.9 Å². The largest absolute Gasteiger partial charge is 0.501 e. The number of aromatic hydroxyl groups is 1. The summed E-state index contributed by atoms with van der Waals surface area (Å²) >= 11 is 0. The van der Waals surface area contributed by atoms with E-state index in [9.17, 15) is 24.3 Å². The minimum Gasteiger partial charge on any atom is -0.501 e. The Labute approximate surface area is 176 Å². The molecule has 158 valence electrons. The third-order valence-electron chi connectivity index (χ3n) is 5.20. The van der Waals surface area contributed by atoms with Crippen molar-refractivity contribution in [2.45, 2.75) is 25.3 Å². The van der Waals surface area contributed by atoms with Crippen LogP contribution in [0.4, 0.5) is 5.69 Å². The first kappa shape index (κ1) is 20.1. The lowest BCUT2D eigenvalue weighted by atomic mass is 9.87. The lowest BCUT2D eigenvalue weighted by molar-refractivity contribution is 0.0923. The van der Waals surface area contributed by atoms with Crippen LogP contribution in [0.5, 0.6) is 5.75 Å². The monoisotopic (exact) mass is 420 g/mol. The van der Waals surface area contributed by atoms with E-state index in [1.165, 1.54) is 0 Å². The van der Waals surface area contributed by atoms with Gasteiger partial charge in [0.05, 0.1) is 6.04 Å². The summed E-state index contributed by atoms with van der Waals surface area (Å²) in [6.07, 6.45) is 2.23. The second kappa shape index (κ2) is 8.31. The van der Waals surface area contributed by atoms with E-state index >= 15 is 0 Å². The molecule has 1 aromatic heterocycles. The number of H-pyrrole nitrogens is 2. The van der Waals surface area contributed by atoms with Crippen molar-refractivity contribution < 1.29 is 14.7 Å². The SMILES string of the molecule is O=C(Nc1ccc2c(c1)CCC[C@H]2NC(=O)c1[nH]c(=O)[nH]c(=O)c1O)c1ccccc1. The number of aromatic nitrogens is 2. The molecule has 0 bridgehead atoms. The van der Waals surface area contributed by atoms with Crippen LogP contribution in [0.3, 0.4) is 0 Å². The molecule has 1 aliphatic rings. The van der Waals surface area contributed by atoms with Crippen molar-refractivity contribution in [2.24, 2.45) is 0 Å². The Hall–Kier alpha value is -4.14. The number of nitrogens with one attached hydrogen (secondary N) is 4. The molecule has 0 aliphatic heterocycles. The molecule has 1 heterocycles. The van der Waals surface area contributed by atoms with Gasteiger partial charge in [-0.2, -0.15) is 0 Å². The van der Waals surface area contributed by atoms with Crippen LogP contribution in [0, 0.1) is 0 Å². The number of aromatic amines is 2. The molecule has 9 heteroatoms. The molecule has 2 amide bonds. The number of benzene rings is 2. The van der Waals surface area contributed by atoms with Crippen LogP contribution in [0.15, 0.2) is 58.1 Å². The fraction of sp³-hybridized carbons (Fsp3) is 0.182. The Balaban J connectivity index is 1.54. The zero-order valence-corrected chi connectivity index (χ0v) is 16.4. The van der Waals surface area contributed by atoms with Crippen LogP contribution in [0.25, 0.3) is 0 Å². The number of fused-ring (bicyclic) bond motifs is 1. The van der Waals surface area contributed by atoms with E-state index in [1.807, 2.05) is 23.2 Å². The number of hydrogen-bond acceptors (Lipinski definition) is 5. The molecule has 9 nitrogen and oxygen atoms in total. The molecule has 31 heavy (non-hydrogen) atoms. The number of anilines is 1. The summed E-state index contributed by atoms with van der Waals surface area (Å²) in [5, 5.41) is 15.5. The molecule has 4 rings (SSSR count). The highest BCUT2D eigenvalue weighted by atomic mass is 16.3.